The maximum Gasteiger partial charge on any atom is 0.490 e. The summed E-state index contributed by atoms with van der Waals surface area (Å²) in [5, 5.41) is 23.3. The topological polar surface area (TPSA) is 45.4 Å². The van der Waals surface area contributed by atoms with Crippen molar-refractivity contribution in [3.63, 3.8) is 0 Å². The van der Waals surface area contributed by atoms with E-state index in [9.17, 15) is 10.0 Å². The van der Waals surface area contributed by atoms with Gasteiger partial charge in [0.1, 0.15) is 4.83 Å². The second-order valence-corrected chi connectivity index (χ2v) is 7.09. The standard InChI is InChI=1S/C20H14BNO2S/c23-21(24)15-9-3-5-11-17(15)22-16-10-4-1-7-13(16)19-14-8-2-6-12-18(14)25-20(19)22/h1-12,23-24H. The summed E-state index contributed by atoms with van der Waals surface area (Å²) in [5.41, 5.74) is 2.38. The van der Waals surface area contributed by atoms with Crippen LogP contribution in [0.5, 0.6) is 0 Å². The quantitative estimate of drug-likeness (QED) is 0.480. The number of hydrogen-bond donors (Lipinski definition) is 2. The molecular formula is C20H14BNO2S. The van der Waals surface area contributed by atoms with Crippen molar-refractivity contribution in [1.29, 1.82) is 0 Å². The molecule has 0 bridgehead atoms. The molecule has 5 aromatic rings. The Hall–Kier alpha value is -2.60. The molecule has 0 radical (unpaired) electrons. The van der Waals surface area contributed by atoms with Gasteiger partial charge in [-0.15, -0.1) is 11.3 Å². The molecule has 0 spiro atoms. The van der Waals surface area contributed by atoms with Crippen LogP contribution in [0.15, 0.2) is 72.8 Å². The molecule has 3 nitrogen and oxygen atoms in total. The predicted octanol–water partition coefficient (Wildman–Crippen LogP) is 3.68. The minimum Gasteiger partial charge on any atom is -0.423 e. The minimum absolute atomic E-state index is 0.502. The van der Waals surface area contributed by atoms with Gasteiger partial charge in [-0.1, -0.05) is 54.6 Å². The molecule has 2 N–H and O–H groups in total. The van der Waals surface area contributed by atoms with E-state index in [1.165, 1.54) is 20.9 Å². The van der Waals surface area contributed by atoms with Crippen LogP contribution in [0.2, 0.25) is 0 Å². The highest BCUT2D eigenvalue weighted by Crippen LogP contribution is 2.41. The summed E-state index contributed by atoms with van der Waals surface area (Å²) in [5.74, 6) is 0. The highest BCUT2D eigenvalue weighted by molar-refractivity contribution is 7.25. The van der Waals surface area contributed by atoms with Gasteiger partial charge in [0.2, 0.25) is 0 Å². The van der Waals surface area contributed by atoms with Gasteiger partial charge in [-0.2, -0.15) is 0 Å². The van der Waals surface area contributed by atoms with Crippen molar-refractivity contribution in [2.24, 2.45) is 0 Å². The molecule has 0 fully saturated rings. The van der Waals surface area contributed by atoms with Gasteiger partial charge < -0.3 is 14.6 Å². The molecular weight excluding hydrogens is 329 g/mol. The summed E-state index contributed by atoms with van der Waals surface area (Å²) in [6, 6.07) is 24.1. The van der Waals surface area contributed by atoms with Crippen LogP contribution in [-0.4, -0.2) is 21.7 Å². The van der Waals surface area contributed by atoms with Crippen LogP contribution in [0.1, 0.15) is 0 Å². The smallest absolute Gasteiger partial charge is 0.423 e. The maximum atomic E-state index is 9.83. The first-order valence-corrected chi connectivity index (χ1v) is 8.93. The minimum atomic E-state index is -1.51. The Kier molecular flexibility index (Phi) is 3.21. The largest absolute Gasteiger partial charge is 0.490 e. The summed E-state index contributed by atoms with van der Waals surface area (Å²) >= 11 is 1.73. The summed E-state index contributed by atoms with van der Waals surface area (Å²) < 4.78 is 3.37. The third-order valence-electron chi connectivity index (χ3n) is 4.65. The van der Waals surface area contributed by atoms with E-state index in [2.05, 4.69) is 41.0 Å². The normalized spacial score (nSPS) is 11.6. The van der Waals surface area contributed by atoms with Crippen molar-refractivity contribution in [2.45, 2.75) is 0 Å². The van der Waals surface area contributed by atoms with Gasteiger partial charge in [0.25, 0.3) is 0 Å². The monoisotopic (exact) mass is 343 g/mol. The number of para-hydroxylation sites is 2. The third kappa shape index (κ3) is 2.07. The lowest BCUT2D eigenvalue weighted by molar-refractivity contribution is 0.425. The van der Waals surface area contributed by atoms with E-state index >= 15 is 0 Å². The Morgan fingerprint density at radius 2 is 1.44 bits per heavy atom. The van der Waals surface area contributed by atoms with Crippen molar-refractivity contribution in [3.05, 3.63) is 72.8 Å². The molecule has 5 rings (SSSR count). The van der Waals surface area contributed by atoms with Crippen molar-refractivity contribution in [2.75, 3.05) is 0 Å². The van der Waals surface area contributed by atoms with E-state index in [4.69, 9.17) is 0 Å². The first-order chi connectivity index (χ1) is 12.3. The number of fused-ring (bicyclic) bond motifs is 5. The fourth-order valence-electron chi connectivity index (χ4n) is 3.59. The molecule has 0 unspecified atom stereocenters. The second kappa shape index (κ2) is 5.46. The van der Waals surface area contributed by atoms with Crippen molar-refractivity contribution in [1.82, 2.24) is 4.57 Å². The zero-order valence-electron chi connectivity index (χ0n) is 13.3. The molecule has 25 heavy (non-hydrogen) atoms. The fourth-order valence-corrected chi connectivity index (χ4v) is 4.83. The highest BCUT2D eigenvalue weighted by Gasteiger charge is 2.22. The van der Waals surface area contributed by atoms with Gasteiger partial charge in [0.15, 0.2) is 0 Å². The molecule has 2 aromatic heterocycles. The lowest BCUT2D eigenvalue weighted by Crippen LogP contribution is -2.33. The highest BCUT2D eigenvalue weighted by atomic mass is 32.1. The Morgan fingerprint density at radius 1 is 0.760 bits per heavy atom. The van der Waals surface area contributed by atoms with Crippen LogP contribution in [0.3, 0.4) is 0 Å². The van der Waals surface area contributed by atoms with E-state index in [0.717, 1.165) is 16.0 Å². The molecule has 0 aliphatic heterocycles. The third-order valence-corrected chi connectivity index (χ3v) is 5.81. The molecule has 2 heterocycles. The average Bonchev–Trinajstić information content (AvgIpc) is 3.16. The lowest BCUT2D eigenvalue weighted by atomic mass is 9.79. The summed E-state index contributed by atoms with van der Waals surface area (Å²) in [7, 11) is -1.51. The molecule has 120 valence electrons. The maximum absolute atomic E-state index is 9.83. The van der Waals surface area contributed by atoms with Crippen molar-refractivity contribution < 1.29 is 10.0 Å². The SMILES string of the molecule is OB(O)c1ccccc1-n1c2ccccc2c2c3ccccc3sc21. The van der Waals surface area contributed by atoms with Crippen LogP contribution in [0.25, 0.3) is 36.9 Å². The van der Waals surface area contributed by atoms with E-state index in [-0.39, 0.29) is 0 Å². The number of rotatable bonds is 2. The average molecular weight is 343 g/mol. The van der Waals surface area contributed by atoms with E-state index < -0.39 is 7.12 Å². The second-order valence-electron chi connectivity index (χ2n) is 6.06. The van der Waals surface area contributed by atoms with Crippen LogP contribution < -0.4 is 5.46 Å². The number of aromatic nitrogens is 1. The molecule has 0 saturated heterocycles. The molecule has 3 aromatic carbocycles. The molecule has 5 heteroatoms. The molecule has 0 atom stereocenters. The van der Waals surface area contributed by atoms with Gasteiger partial charge >= 0.3 is 7.12 Å². The molecule has 0 aliphatic rings. The van der Waals surface area contributed by atoms with Crippen LogP contribution in [0.4, 0.5) is 0 Å². The summed E-state index contributed by atoms with van der Waals surface area (Å²) in [6.07, 6.45) is 0. The van der Waals surface area contributed by atoms with Gasteiger partial charge in [-0.25, -0.2) is 0 Å². The van der Waals surface area contributed by atoms with E-state index in [0.29, 0.717) is 5.46 Å². The predicted molar refractivity (Wildman–Crippen MR) is 106 cm³/mol. The van der Waals surface area contributed by atoms with E-state index in [1.54, 1.807) is 17.4 Å². The van der Waals surface area contributed by atoms with Gasteiger partial charge in [0.05, 0.1) is 5.52 Å². The Labute approximate surface area is 148 Å². The van der Waals surface area contributed by atoms with Crippen LogP contribution in [0, 0.1) is 0 Å². The Morgan fingerprint density at radius 3 is 2.28 bits per heavy atom. The number of thiophene rings is 1. The summed E-state index contributed by atoms with van der Waals surface area (Å²) in [6.45, 7) is 0. The first-order valence-electron chi connectivity index (χ1n) is 8.12. The van der Waals surface area contributed by atoms with Crippen LogP contribution >= 0.6 is 11.3 Å². The Bertz CT molecular complexity index is 1240. The van der Waals surface area contributed by atoms with Gasteiger partial charge in [-0.05, 0) is 18.2 Å². The molecule has 0 aliphatic carbocycles. The van der Waals surface area contributed by atoms with Gasteiger partial charge in [0, 0.05) is 32.0 Å². The first kappa shape index (κ1) is 14.7. The van der Waals surface area contributed by atoms with Crippen LogP contribution in [-0.2, 0) is 0 Å². The number of hydrogen-bond acceptors (Lipinski definition) is 3. The summed E-state index contributed by atoms with van der Waals surface area (Å²) in [4.78, 5) is 1.12. The molecule has 0 saturated carbocycles. The van der Waals surface area contributed by atoms with Crippen molar-refractivity contribution in [3.8, 4) is 5.69 Å². The Balaban J connectivity index is 2.01. The number of benzene rings is 3. The fraction of sp³-hybridized carbons (Fsp3) is 0. The number of nitrogens with zero attached hydrogens (tertiary/aromatic N) is 1. The van der Waals surface area contributed by atoms with E-state index in [1.807, 2.05) is 30.3 Å². The lowest BCUT2D eigenvalue weighted by Gasteiger charge is -2.12. The zero-order chi connectivity index (χ0) is 17.0. The molecule has 0 amide bonds. The van der Waals surface area contributed by atoms with Crippen molar-refractivity contribution >= 4 is 55.1 Å². The van der Waals surface area contributed by atoms with Gasteiger partial charge in [-0.3, -0.25) is 0 Å². The zero-order valence-corrected chi connectivity index (χ0v) is 14.1.